The number of aromatic nitrogens is 2. The lowest BCUT2D eigenvalue weighted by Gasteiger charge is -2.10. The topological polar surface area (TPSA) is 37.8 Å². The van der Waals surface area contributed by atoms with Crippen molar-refractivity contribution >= 4 is 11.5 Å². The van der Waals surface area contributed by atoms with E-state index in [1.54, 1.807) is 0 Å². The van der Waals surface area contributed by atoms with E-state index in [-0.39, 0.29) is 6.04 Å². The molecule has 0 bridgehead atoms. The lowest BCUT2D eigenvalue weighted by atomic mass is 10.1. The minimum atomic E-state index is 0.275. The van der Waals surface area contributed by atoms with E-state index in [1.165, 1.54) is 16.4 Å². The first-order valence-electron chi connectivity index (χ1n) is 4.71. The standard InChI is InChI=1S/C10H15N3S/c1-4-6-7-9(11-3)10-8(5-2)12-13-14-10/h9,11H,5,7H2,1-3H3. The SMILES string of the molecule is CC#CCC(NC)c1snnc1CC. The highest BCUT2D eigenvalue weighted by Gasteiger charge is 2.15. The van der Waals surface area contributed by atoms with Crippen LogP contribution in [-0.2, 0) is 6.42 Å². The van der Waals surface area contributed by atoms with Crippen LogP contribution in [0.3, 0.4) is 0 Å². The lowest BCUT2D eigenvalue weighted by molar-refractivity contribution is 0.614. The molecule has 1 heterocycles. The molecular formula is C10H15N3S. The predicted molar refractivity (Wildman–Crippen MR) is 59.2 cm³/mol. The third kappa shape index (κ3) is 2.53. The molecule has 3 nitrogen and oxygen atoms in total. The monoisotopic (exact) mass is 209 g/mol. The average molecular weight is 209 g/mol. The highest BCUT2D eigenvalue weighted by molar-refractivity contribution is 7.05. The van der Waals surface area contributed by atoms with Crippen LogP contribution >= 0.6 is 11.5 Å². The Hall–Kier alpha value is -0.920. The van der Waals surface area contributed by atoms with E-state index < -0.39 is 0 Å². The molecule has 1 atom stereocenters. The fourth-order valence-corrected chi connectivity index (χ4v) is 2.10. The highest BCUT2D eigenvalue weighted by atomic mass is 32.1. The molecule has 0 aliphatic rings. The molecule has 0 aliphatic heterocycles. The van der Waals surface area contributed by atoms with Crippen LogP contribution in [0.4, 0.5) is 0 Å². The first-order chi connectivity index (χ1) is 6.83. The Morgan fingerprint density at radius 1 is 1.57 bits per heavy atom. The summed E-state index contributed by atoms with van der Waals surface area (Å²) < 4.78 is 3.97. The molecule has 0 saturated carbocycles. The van der Waals surface area contributed by atoms with Crippen LogP contribution in [0.15, 0.2) is 0 Å². The van der Waals surface area contributed by atoms with E-state index in [4.69, 9.17) is 0 Å². The predicted octanol–water partition coefficient (Wildman–Crippen LogP) is 1.77. The summed E-state index contributed by atoms with van der Waals surface area (Å²) in [4.78, 5) is 1.22. The van der Waals surface area contributed by atoms with Crippen molar-refractivity contribution < 1.29 is 0 Å². The molecule has 1 N–H and O–H groups in total. The molecule has 1 aromatic heterocycles. The van der Waals surface area contributed by atoms with Crippen LogP contribution in [0.25, 0.3) is 0 Å². The Morgan fingerprint density at radius 3 is 2.93 bits per heavy atom. The number of nitrogens with one attached hydrogen (secondary N) is 1. The van der Waals surface area contributed by atoms with Gasteiger partial charge in [-0.1, -0.05) is 11.4 Å². The zero-order chi connectivity index (χ0) is 10.4. The molecule has 1 rings (SSSR count). The van der Waals surface area contributed by atoms with Gasteiger partial charge in [-0.3, -0.25) is 0 Å². The van der Waals surface area contributed by atoms with Crippen LogP contribution in [0.5, 0.6) is 0 Å². The minimum absolute atomic E-state index is 0.275. The van der Waals surface area contributed by atoms with Gasteiger partial charge in [0.2, 0.25) is 0 Å². The van der Waals surface area contributed by atoms with Gasteiger partial charge in [-0.2, -0.15) is 0 Å². The first kappa shape index (κ1) is 11.2. The molecule has 1 aromatic rings. The lowest BCUT2D eigenvalue weighted by Crippen LogP contribution is -2.15. The van der Waals surface area contributed by atoms with Crippen molar-refractivity contribution in [2.75, 3.05) is 7.05 Å². The number of hydrogen-bond acceptors (Lipinski definition) is 4. The molecule has 0 aromatic carbocycles. The third-order valence-corrected chi connectivity index (χ3v) is 2.95. The van der Waals surface area contributed by atoms with Gasteiger partial charge in [0.05, 0.1) is 16.6 Å². The Bertz CT molecular complexity index is 335. The van der Waals surface area contributed by atoms with Gasteiger partial charge in [-0.05, 0) is 31.9 Å². The zero-order valence-electron chi connectivity index (χ0n) is 8.79. The third-order valence-electron chi connectivity index (χ3n) is 2.07. The molecule has 0 spiro atoms. The summed E-state index contributed by atoms with van der Waals surface area (Å²) in [6.45, 7) is 3.96. The molecule has 0 aliphatic carbocycles. The zero-order valence-corrected chi connectivity index (χ0v) is 9.61. The van der Waals surface area contributed by atoms with E-state index >= 15 is 0 Å². The van der Waals surface area contributed by atoms with Gasteiger partial charge >= 0.3 is 0 Å². The number of aryl methyl sites for hydroxylation is 1. The summed E-state index contributed by atoms with van der Waals surface area (Å²) in [5, 5.41) is 7.33. The molecule has 0 fully saturated rings. The van der Waals surface area contributed by atoms with Crippen LogP contribution in [0.2, 0.25) is 0 Å². The maximum Gasteiger partial charge on any atom is 0.0801 e. The van der Waals surface area contributed by atoms with E-state index in [0.29, 0.717) is 0 Å². The van der Waals surface area contributed by atoms with Crippen molar-refractivity contribution in [2.45, 2.75) is 32.7 Å². The first-order valence-corrected chi connectivity index (χ1v) is 5.48. The van der Waals surface area contributed by atoms with Crippen molar-refractivity contribution in [3.05, 3.63) is 10.6 Å². The highest BCUT2D eigenvalue weighted by Crippen LogP contribution is 2.22. The molecular weight excluding hydrogens is 194 g/mol. The normalized spacial score (nSPS) is 11.9. The van der Waals surface area contributed by atoms with Gasteiger partial charge in [0.1, 0.15) is 0 Å². The number of rotatable bonds is 4. The van der Waals surface area contributed by atoms with Gasteiger partial charge in [0.15, 0.2) is 0 Å². The Labute approximate surface area is 89.1 Å². The summed E-state index contributed by atoms with van der Waals surface area (Å²) in [5.74, 6) is 5.98. The van der Waals surface area contributed by atoms with Crippen molar-refractivity contribution in [2.24, 2.45) is 0 Å². The largest absolute Gasteiger partial charge is 0.311 e. The summed E-state index contributed by atoms with van der Waals surface area (Å²) >= 11 is 1.47. The summed E-state index contributed by atoms with van der Waals surface area (Å²) in [6, 6.07) is 0.275. The molecule has 0 saturated heterocycles. The van der Waals surface area contributed by atoms with E-state index in [0.717, 1.165) is 18.5 Å². The van der Waals surface area contributed by atoms with E-state index in [1.807, 2.05) is 14.0 Å². The molecule has 0 radical (unpaired) electrons. The quantitative estimate of drug-likeness (QED) is 0.768. The Kier molecular flexibility index (Phi) is 4.57. The molecule has 1 unspecified atom stereocenters. The second kappa shape index (κ2) is 5.74. The second-order valence-electron chi connectivity index (χ2n) is 2.91. The minimum Gasteiger partial charge on any atom is -0.311 e. The van der Waals surface area contributed by atoms with Crippen molar-refractivity contribution in [1.29, 1.82) is 0 Å². The smallest absolute Gasteiger partial charge is 0.0801 e. The van der Waals surface area contributed by atoms with Crippen LogP contribution in [-0.4, -0.2) is 16.6 Å². The maximum atomic E-state index is 4.09. The van der Waals surface area contributed by atoms with Gasteiger partial charge in [0.25, 0.3) is 0 Å². The Balaban J connectivity index is 2.80. The molecule has 0 amide bonds. The van der Waals surface area contributed by atoms with Gasteiger partial charge in [0, 0.05) is 6.42 Å². The summed E-state index contributed by atoms with van der Waals surface area (Å²) in [6.07, 6.45) is 1.76. The van der Waals surface area contributed by atoms with Gasteiger partial charge < -0.3 is 5.32 Å². The van der Waals surface area contributed by atoms with Gasteiger partial charge in [-0.15, -0.1) is 16.9 Å². The fraction of sp³-hybridized carbons (Fsp3) is 0.600. The molecule has 76 valence electrons. The second-order valence-corrected chi connectivity index (χ2v) is 3.70. The molecule has 4 heteroatoms. The van der Waals surface area contributed by atoms with Crippen LogP contribution < -0.4 is 5.32 Å². The van der Waals surface area contributed by atoms with Gasteiger partial charge in [-0.25, -0.2) is 0 Å². The average Bonchev–Trinajstić information content (AvgIpc) is 2.67. The van der Waals surface area contributed by atoms with E-state index in [9.17, 15) is 0 Å². The van der Waals surface area contributed by atoms with E-state index in [2.05, 4.69) is 33.7 Å². The summed E-state index contributed by atoms with van der Waals surface area (Å²) in [7, 11) is 1.95. The fourth-order valence-electron chi connectivity index (χ4n) is 1.26. The number of hydrogen-bond donors (Lipinski definition) is 1. The van der Waals surface area contributed by atoms with Crippen molar-refractivity contribution in [3.63, 3.8) is 0 Å². The number of nitrogens with zero attached hydrogens (tertiary/aromatic N) is 2. The van der Waals surface area contributed by atoms with Crippen LogP contribution in [0, 0.1) is 11.8 Å². The van der Waals surface area contributed by atoms with Crippen molar-refractivity contribution in [1.82, 2.24) is 14.9 Å². The van der Waals surface area contributed by atoms with Crippen LogP contribution in [0.1, 0.15) is 36.9 Å². The summed E-state index contributed by atoms with van der Waals surface area (Å²) in [5.41, 5.74) is 1.09. The molecule has 14 heavy (non-hydrogen) atoms. The maximum absolute atomic E-state index is 4.09. The Morgan fingerprint density at radius 2 is 2.36 bits per heavy atom. The van der Waals surface area contributed by atoms with Crippen molar-refractivity contribution in [3.8, 4) is 11.8 Å².